The fraction of sp³-hybridized carbons (Fsp3) is 0.429. The molecule has 2 aromatic rings. The highest BCUT2D eigenvalue weighted by molar-refractivity contribution is 5.43. The minimum atomic E-state index is -2.91. The summed E-state index contributed by atoms with van der Waals surface area (Å²) in [6, 6.07) is 10.7. The zero-order valence-electron chi connectivity index (χ0n) is 16.6. The molecule has 0 spiro atoms. The molecule has 0 amide bonds. The number of nitrogens with zero attached hydrogens (tertiary/aromatic N) is 1. The zero-order valence-corrected chi connectivity index (χ0v) is 16.6. The third-order valence-corrected chi connectivity index (χ3v) is 4.25. The molecule has 0 saturated carbocycles. The SMILES string of the molecule is COc1cc(CN(C)C[C@@H](O)COc2c(C)cccc2C)ccc1OC(F)F. The molecule has 1 atom stereocenters. The van der Waals surface area contributed by atoms with Crippen LogP contribution in [0.2, 0.25) is 0 Å². The number of benzene rings is 2. The van der Waals surface area contributed by atoms with E-state index in [0.29, 0.717) is 13.1 Å². The van der Waals surface area contributed by atoms with Crippen LogP contribution < -0.4 is 14.2 Å². The van der Waals surface area contributed by atoms with E-state index < -0.39 is 12.7 Å². The molecule has 0 aromatic heterocycles. The van der Waals surface area contributed by atoms with Gasteiger partial charge in [-0.1, -0.05) is 24.3 Å². The van der Waals surface area contributed by atoms with E-state index in [9.17, 15) is 13.9 Å². The molecule has 0 radical (unpaired) electrons. The molecule has 5 nitrogen and oxygen atoms in total. The van der Waals surface area contributed by atoms with Crippen molar-refractivity contribution in [3.63, 3.8) is 0 Å². The van der Waals surface area contributed by atoms with Crippen molar-refractivity contribution in [2.24, 2.45) is 0 Å². The standard InChI is InChI=1S/C21H27F2NO4/c1-14-6-5-7-15(2)20(14)27-13-17(25)12-24(3)11-16-8-9-18(28-21(22)23)19(10-16)26-4/h5-10,17,21,25H,11-13H2,1-4H3/t17-/m1/s1. The van der Waals surface area contributed by atoms with E-state index in [-0.39, 0.29) is 18.1 Å². The first-order valence-corrected chi connectivity index (χ1v) is 8.97. The van der Waals surface area contributed by atoms with Crippen molar-refractivity contribution in [3.8, 4) is 17.2 Å². The van der Waals surface area contributed by atoms with Crippen molar-refractivity contribution >= 4 is 0 Å². The highest BCUT2D eigenvalue weighted by atomic mass is 19.3. The number of ether oxygens (including phenoxy) is 3. The van der Waals surface area contributed by atoms with Gasteiger partial charge in [0.1, 0.15) is 18.5 Å². The Morgan fingerprint density at radius 2 is 1.75 bits per heavy atom. The predicted molar refractivity (Wildman–Crippen MR) is 103 cm³/mol. The second-order valence-corrected chi connectivity index (χ2v) is 6.75. The average molecular weight is 395 g/mol. The molecule has 0 aliphatic carbocycles. The summed E-state index contributed by atoms with van der Waals surface area (Å²) in [6.45, 7) is 2.11. The molecular weight excluding hydrogens is 368 g/mol. The Morgan fingerprint density at radius 3 is 2.36 bits per heavy atom. The van der Waals surface area contributed by atoms with Crippen molar-refractivity contribution in [1.29, 1.82) is 0 Å². The lowest BCUT2D eigenvalue weighted by atomic mass is 10.1. The van der Waals surface area contributed by atoms with Crippen LogP contribution in [-0.4, -0.2) is 50.0 Å². The Balaban J connectivity index is 1.89. The molecule has 2 aromatic carbocycles. The van der Waals surface area contributed by atoms with Gasteiger partial charge < -0.3 is 19.3 Å². The summed E-state index contributed by atoms with van der Waals surface area (Å²) in [5.74, 6) is 1.03. The van der Waals surface area contributed by atoms with E-state index >= 15 is 0 Å². The first-order valence-electron chi connectivity index (χ1n) is 8.97. The maximum atomic E-state index is 12.4. The highest BCUT2D eigenvalue weighted by Gasteiger charge is 2.14. The van der Waals surface area contributed by atoms with Crippen LogP contribution in [0.25, 0.3) is 0 Å². The molecule has 0 aliphatic heterocycles. The molecular formula is C21H27F2NO4. The second-order valence-electron chi connectivity index (χ2n) is 6.75. The number of hydrogen-bond donors (Lipinski definition) is 1. The fourth-order valence-electron chi connectivity index (χ4n) is 3.00. The summed E-state index contributed by atoms with van der Waals surface area (Å²) < 4.78 is 40.1. The smallest absolute Gasteiger partial charge is 0.387 e. The van der Waals surface area contributed by atoms with Crippen LogP contribution in [0.4, 0.5) is 8.78 Å². The van der Waals surface area contributed by atoms with Crippen molar-refractivity contribution < 1.29 is 28.1 Å². The Kier molecular flexibility index (Phi) is 8.02. The minimum absolute atomic E-state index is 0.00839. The molecule has 0 fully saturated rings. The maximum absolute atomic E-state index is 12.4. The number of rotatable bonds is 10. The normalized spacial score (nSPS) is 12.3. The number of aryl methyl sites for hydroxylation is 2. The van der Waals surface area contributed by atoms with E-state index in [1.807, 2.05) is 44.0 Å². The predicted octanol–water partition coefficient (Wildman–Crippen LogP) is 3.79. The molecule has 0 unspecified atom stereocenters. The molecule has 1 N–H and O–H groups in total. The number of halogens is 2. The quantitative estimate of drug-likeness (QED) is 0.663. The van der Waals surface area contributed by atoms with Gasteiger partial charge >= 0.3 is 6.61 Å². The van der Waals surface area contributed by atoms with Gasteiger partial charge in [-0.2, -0.15) is 8.78 Å². The molecule has 154 valence electrons. The highest BCUT2D eigenvalue weighted by Crippen LogP contribution is 2.29. The molecule has 28 heavy (non-hydrogen) atoms. The van der Waals surface area contributed by atoms with Gasteiger partial charge in [0.05, 0.1) is 7.11 Å². The Hall–Kier alpha value is -2.38. The maximum Gasteiger partial charge on any atom is 0.387 e. The molecule has 0 saturated heterocycles. The van der Waals surface area contributed by atoms with Crippen LogP contribution in [0.5, 0.6) is 17.2 Å². The number of alkyl halides is 2. The van der Waals surface area contributed by atoms with Crippen molar-refractivity contribution in [2.75, 3.05) is 27.3 Å². The number of aliphatic hydroxyl groups excluding tert-OH is 1. The summed E-state index contributed by atoms with van der Waals surface area (Å²) in [7, 11) is 3.26. The van der Waals surface area contributed by atoms with E-state index in [2.05, 4.69) is 4.74 Å². The topological polar surface area (TPSA) is 51.2 Å². The van der Waals surface area contributed by atoms with Gasteiger partial charge in [0.2, 0.25) is 0 Å². The summed E-state index contributed by atoms with van der Waals surface area (Å²) >= 11 is 0. The van der Waals surface area contributed by atoms with Crippen molar-refractivity contribution in [3.05, 3.63) is 53.1 Å². The number of methoxy groups -OCH3 is 1. The van der Waals surface area contributed by atoms with Crippen LogP contribution in [0.1, 0.15) is 16.7 Å². The first-order chi connectivity index (χ1) is 13.3. The zero-order chi connectivity index (χ0) is 20.7. The van der Waals surface area contributed by atoms with Crippen LogP contribution in [0, 0.1) is 13.8 Å². The lowest BCUT2D eigenvalue weighted by Gasteiger charge is -2.22. The summed E-state index contributed by atoms with van der Waals surface area (Å²) in [5, 5.41) is 10.3. The van der Waals surface area contributed by atoms with Gasteiger partial charge in [-0.15, -0.1) is 0 Å². The van der Waals surface area contributed by atoms with Crippen molar-refractivity contribution in [1.82, 2.24) is 4.90 Å². The molecule has 0 heterocycles. The summed E-state index contributed by atoms with van der Waals surface area (Å²) in [4.78, 5) is 1.92. The van der Waals surface area contributed by atoms with Gasteiger partial charge in [0.25, 0.3) is 0 Å². The first kappa shape index (κ1) is 21.9. The van der Waals surface area contributed by atoms with Gasteiger partial charge in [0.15, 0.2) is 11.5 Å². The van der Waals surface area contributed by atoms with Gasteiger partial charge in [0, 0.05) is 13.1 Å². The molecule has 0 bridgehead atoms. The third kappa shape index (κ3) is 6.35. The number of hydrogen-bond acceptors (Lipinski definition) is 5. The molecule has 2 rings (SSSR count). The van der Waals surface area contributed by atoms with Crippen LogP contribution in [0.15, 0.2) is 36.4 Å². The molecule has 7 heteroatoms. The Bertz CT molecular complexity index is 750. The van der Waals surface area contributed by atoms with E-state index in [1.54, 1.807) is 12.1 Å². The lowest BCUT2D eigenvalue weighted by molar-refractivity contribution is -0.0512. The van der Waals surface area contributed by atoms with Gasteiger partial charge in [-0.05, 0) is 49.7 Å². The lowest BCUT2D eigenvalue weighted by Crippen LogP contribution is -2.33. The number of para-hydroxylation sites is 1. The molecule has 0 aliphatic rings. The van der Waals surface area contributed by atoms with Crippen LogP contribution >= 0.6 is 0 Å². The Morgan fingerprint density at radius 1 is 1.07 bits per heavy atom. The number of likely N-dealkylation sites (N-methyl/N-ethyl adjacent to an activating group) is 1. The Labute approximate surface area is 164 Å². The third-order valence-electron chi connectivity index (χ3n) is 4.25. The monoisotopic (exact) mass is 395 g/mol. The number of aliphatic hydroxyl groups is 1. The van der Waals surface area contributed by atoms with Crippen LogP contribution in [0.3, 0.4) is 0 Å². The fourth-order valence-corrected chi connectivity index (χ4v) is 3.00. The van der Waals surface area contributed by atoms with Crippen molar-refractivity contribution in [2.45, 2.75) is 33.1 Å². The largest absolute Gasteiger partial charge is 0.493 e. The summed E-state index contributed by atoms with van der Waals surface area (Å²) in [5.41, 5.74) is 2.90. The van der Waals surface area contributed by atoms with Crippen LogP contribution in [-0.2, 0) is 6.54 Å². The van der Waals surface area contributed by atoms with Gasteiger partial charge in [-0.3, -0.25) is 4.90 Å². The summed E-state index contributed by atoms with van der Waals surface area (Å²) in [6.07, 6.45) is -0.674. The minimum Gasteiger partial charge on any atom is -0.493 e. The van der Waals surface area contributed by atoms with Gasteiger partial charge in [-0.25, -0.2) is 0 Å². The second kappa shape index (κ2) is 10.2. The average Bonchev–Trinajstić information content (AvgIpc) is 2.62. The van der Waals surface area contributed by atoms with E-state index in [4.69, 9.17) is 9.47 Å². The van der Waals surface area contributed by atoms with E-state index in [1.165, 1.54) is 13.2 Å². The van der Waals surface area contributed by atoms with E-state index in [0.717, 1.165) is 22.4 Å².